The molecule has 2 fully saturated rings. The Labute approximate surface area is 169 Å². The molecule has 0 atom stereocenters. The minimum Gasteiger partial charge on any atom is -0.469 e. The second kappa shape index (κ2) is 11.7. The topological polar surface area (TPSA) is 47.6 Å². The molecule has 1 heterocycles. The van der Waals surface area contributed by atoms with Crippen LogP contribution in [0.2, 0.25) is 0 Å². The summed E-state index contributed by atoms with van der Waals surface area (Å²) in [6.07, 6.45) is 8.91. The molecule has 0 spiro atoms. The van der Waals surface area contributed by atoms with Crippen molar-refractivity contribution in [1.29, 1.82) is 0 Å². The Balaban J connectivity index is 0.00000261. The smallest absolute Gasteiger partial charge is 0.305 e. The molecular formula is C22H34ClNO3. The first-order valence-corrected chi connectivity index (χ1v) is 10.2. The van der Waals surface area contributed by atoms with Crippen LogP contribution < -0.4 is 5.32 Å². The number of carbonyl (C=O) groups excluding carboxylic acids is 1. The van der Waals surface area contributed by atoms with Crippen molar-refractivity contribution in [2.75, 3.05) is 20.2 Å². The summed E-state index contributed by atoms with van der Waals surface area (Å²) in [6.45, 7) is 2.99. The Hall–Kier alpha value is -1.10. The van der Waals surface area contributed by atoms with Gasteiger partial charge in [-0.1, -0.05) is 24.3 Å². The minimum absolute atomic E-state index is 0. The lowest BCUT2D eigenvalue weighted by Crippen LogP contribution is -2.26. The van der Waals surface area contributed by atoms with Gasteiger partial charge in [-0.2, -0.15) is 0 Å². The van der Waals surface area contributed by atoms with E-state index in [4.69, 9.17) is 9.47 Å². The highest BCUT2D eigenvalue weighted by atomic mass is 35.5. The molecule has 1 saturated heterocycles. The molecular weight excluding hydrogens is 362 g/mol. The van der Waals surface area contributed by atoms with E-state index >= 15 is 0 Å². The van der Waals surface area contributed by atoms with E-state index < -0.39 is 0 Å². The average molecular weight is 396 g/mol. The first-order chi connectivity index (χ1) is 12.7. The molecule has 2 aliphatic rings. The minimum atomic E-state index is -0.0867. The predicted molar refractivity (Wildman–Crippen MR) is 110 cm³/mol. The van der Waals surface area contributed by atoms with Gasteiger partial charge in [0.15, 0.2) is 0 Å². The number of rotatable bonds is 7. The van der Waals surface area contributed by atoms with Crippen molar-refractivity contribution in [3.05, 3.63) is 35.4 Å². The van der Waals surface area contributed by atoms with Crippen molar-refractivity contribution in [2.45, 2.75) is 70.0 Å². The fraction of sp³-hybridized carbons (Fsp3) is 0.682. The highest BCUT2D eigenvalue weighted by Crippen LogP contribution is 2.30. The van der Waals surface area contributed by atoms with Gasteiger partial charge in [0.05, 0.1) is 19.8 Å². The van der Waals surface area contributed by atoms with Crippen molar-refractivity contribution in [3.63, 3.8) is 0 Å². The number of methoxy groups -OCH3 is 1. The van der Waals surface area contributed by atoms with Crippen molar-refractivity contribution in [3.8, 4) is 0 Å². The van der Waals surface area contributed by atoms with Gasteiger partial charge in [-0.25, -0.2) is 0 Å². The lowest BCUT2D eigenvalue weighted by Gasteiger charge is -2.28. The summed E-state index contributed by atoms with van der Waals surface area (Å²) in [4.78, 5) is 11.3. The summed E-state index contributed by atoms with van der Waals surface area (Å²) in [7, 11) is 1.46. The highest BCUT2D eigenvalue weighted by Gasteiger charge is 2.22. The number of benzene rings is 1. The molecule has 27 heavy (non-hydrogen) atoms. The SMILES string of the molecule is COC(=O)CCC1CCC(OCc2ccc(C3CCNCC3)cc2)CC1.Cl. The molecule has 4 nitrogen and oxygen atoms in total. The van der Waals surface area contributed by atoms with Crippen LogP contribution in [0.5, 0.6) is 0 Å². The van der Waals surface area contributed by atoms with Gasteiger partial charge in [-0.05, 0) is 81.0 Å². The third kappa shape index (κ3) is 7.10. The summed E-state index contributed by atoms with van der Waals surface area (Å²) in [6, 6.07) is 9.05. The van der Waals surface area contributed by atoms with Crippen LogP contribution >= 0.6 is 12.4 Å². The van der Waals surface area contributed by atoms with Crippen LogP contribution in [0.4, 0.5) is 0 Å². The second-order valence-electron chi connectivity index (χ2n) is 7.83. The molecule has 5 heteroatoms. The summed E-state index contributed by atoms with van der Waals surface area (Å²) >= 11 is 0. The van der Waals surface area contributed by atoms with Crippen LogP contribution in [-0.4, -0.2) is 32.3 Å². The number of halogens is 1. The average Bonchev–Trinajstić information content (AvgIpc) is 2.72. The van der Waals surface area contributed by atoms with Crippen LogP contribution in [0.25, 0.3) is 0 Å². The number of hydrogen-bond acceptors (Lipinski definition) is 4. The molecule has 0 amide bonds. The zero-order chi connectivity index (χ0) is 18.2. The fourth-order valence-electron chi connectivity index (χ4n) is 4.27. The van der Waals surface area contributed by atoms with Gasteiger partial charge < -0.3 is 14.8 Å². The molecule has 1 N–H and O–H groups in total. The highest BCUT2D eigenvalue weighted by molar-refractivity contribution is 5.85. The normalized spacial score (nSPS) is 23.4. The molecule has 152 valence electrons. The first-order valence-electron chi connectivity index (χ1n) is 10.2. The van der Waals surface area contributed by atoms with Crippen LogP contribution in [-0.2, 0) is 20.9 Å². The molecule has 0 aromatic heterocycles. The largest absolute Gasteiger partial charge is 0.469 e. The number of hydrogen-bond donors (Lipinski definition) is 1. The summed E-state index contributed by atoms with van der Waals surface area (Å²) in [5.74, 6) is 1.28. The van der Waals surface area contributed by atoms with Crippen LogP contribution in [0.3, 0.4) is 0 Å². The van der Waals surface area contributed by atoms with E-state index in [1.807, 2.05) is 0 Å². The summed E-state index contributed by atoms with van der Waals surface area (Å²) < 4.78 is 10.9. The fourth-order valence-corrected chi connectivity index (χ4v) is 4.27. The number of nitrogens with one attached hydrogen (secondary N) is 1. The van der Waals surface area contributed by atoms with E-state index in [1.165, 1.54) is 31.1 Å². The standard InChI is InChI=1S/C22H33NO3.ClH/c1-25-22(24)11-6-17-4-9-21(10-5-17)26-16-18-2-7-19(8-3-18)20-12-14-23-15-13-20;/h2-3,7-8,17,20-21,23H,4-6,9-16H2,1H3;1H. The maximum Gasteiger partial charge on any atom is 0.305 e. The third-order valence-electron chi connectivity index (χ3n) is 6.05. The van der Waals surface area contributed by atoms with E-state index in [9.17, 15) is 4.79 Å². The number of piperidine rings is 1. The van der Waals surface area contributed by atoms with Crippen molar-refractivity contribution in [2.24, 2.45) is 5.92 Å². The monoisotopic (exact) mass is 395 g/mol. The molecule has 0 radical (unpaired) electrons. The van der Waals surface area contributed by atoms with Crippen LogP contribution in [0.1, 0.15) is 68.4 Å². The van der Waals surface area contributed by atoms with E-state index in [2.05, 4.69) is 29.6 Å². The van der Waals surface area contributed by atoms with Crippen LogP contribution in [0.15, 0.2) is 24.3 Å². The molecule has 1 aliphatic carbocycles. The van der Waals surface area contributed by atoms with Gasteiger partial charge in [-0.3, -0.25) is 4.79 Å². The van der Waals surface area contributed by atoms with Gasteiger partial charge >= 0.3 is 5.97 Å². The van der Waals surface area contributed by atoms with Gasteiger partial charge in [-0.15, -0.1) is 12.4 Å². The van der Waals surface area contributed by atoms with E-state index in [0.29, 0.717) is 31.0 Å². The molecule has 1 saturated carbocycles. The molecule has 1 aromatic carbocycles. The van der Waals surface area contributed by atoms with E-state index in [1.54, 1.807) is 0 Å². The summed E-state index contributed by atoms with van der Waals surface area (Å²) in [5.41, 5.74) is 2.75. The molecule has 0 bridgehead atoms. The van der Waals surface area contributed by atoms with Crippen molar-refractivity contribution >= 4 is 18.4 Å². The first kappa shape index (κ1) is 22.2. The van der Waals surface area contributed by atoms with Crippen molar-refractivity contribution < 1.29 is 14.3 Å². The number of ether oxygens (including phenoxy) is 2. The number of esters is 1. The zero-order valence-electron chi connectivity index (χ0n) is 16.5. The maximum absolute atomic E-state index is 11.3. The van der Waals surface area contributed by atoms with Gasteiger partial charge in [0.1, 0.15) is 0 Å². The zero-order valence-corrected chi connectivity index (χ0v) is 17.3. The molecule has 1 aromatic rings. The summed E-state index contributed by atoms with van der Waals surface area (Å²) in [5, 5.41) is 3.43. The lowest BCUT2D eigenvalue weighted by atomic mass is 9.84. The Morgan fingerprint density at radius 1 is 1.04 bits per heavy atom. The quantitative estimate of drug-likeness (QED) is 0.685. The van der Waals surface area contributed by atoms with Gasteiger partial charge in [0.25, 0.3) is 0 Å². The maximum atomic E-state index is 11.3. The molecule has 3 rings (SSSR count). The molecule has 1 aliphatic heterocycles. The molecule has 0 unspecified atom stereocenters. The Kier molecular flexibility index (Phi) is 9.60. The van der Waals surface area contributed by atoms with Gasteiger partial charge in [0, 0.05) is 6.42 Å². The lowest BCUT2D eigenvalue weighted by molar-refractivity contribution is -0.141. The predicted octanol–water partition coefficient (Wildman–Crippen LogP) is 4.60. The number of carbonyl (C=O) groups is 1. The Morgan fingerprint density at radius 2 is 1.70 bits per heavy atom. The second-order valence-corrected chi connectivity index (χ2v) is 7.83. The third-order valence-corrected chi connectivity index (χ3v) is 6.05. The Morgan fingerprint density at radius 3 is 2.33 bits per heavy atom. The Bertz CT molecular complexity index is 549. The van der Waals surface area contributed by atoms with E-state index in [0.717, 1.165) is 45.2 Å². The van der Waals surface area contributed by atoms with Crippen molar-refractivity contribution in [1.82, 2.24) is 5.32 Å². The van der Waals surface area contributed by atoms with E-state index in [-0.39, 0.29) is 18.4 Å². The van der Waals surface area contributed by atoms with Gasteiger partial charge in [0.2, 0.25) is 0 Å². The van der Waals surface area contributed by atoms with Crippen LogP contribution in [0, 0.1) is 5.92 Å².